The van der Waals surface area contributed by atoms with Crippen molar-refractivity contribution in [2.75, 3.05) is 11.5 Å². The van der Waals surface area contributed by atoms with Gasteiger partial charge in [-0.1, -0.05) is 129 Å². The largest absolute Gasteiger partial charge is 0.507 e. The number of unbranched alkanes of at least 4 members (excludes halogenated alkanes) is 16. The van der Waals surface area contributed by atoms with Crippen LogP contribution in [0.1, 0.15) is 146 Å². The van der Waals surface area contributed by atoms with Gasteiger partial charge in [-0.05, 0) is 42.4 Å². The summed E-state index contributed by atoms with van der Waals surface area (Å²) >= 11 is 4.05. The number of hydrogen-bond donors (Lipinski definition) is 1. The molecule has 3 heteroatoms. The van der Waals surface area contributed by atoms with Crippen molar-refractivity contribution in [1.29, 1.82) is 0 Å². The molecule has 34 heavy (non-hydrogen) atoms. The number of aryl methyl sites for hydroxylation is 1. The van der Waals surface area contributed by atoms with Gasteiger partial charge in [0.25, 0.3) is 0 Å². The second kappa shape index (κ2) is 23.1. The Morgan fingerprint density at radius 2 is 0.971 bits per heavy atom. The lowest BCUT2D eigenvalue weighted by atomic mass is 10.1. The molecule has 0 fully saturated rings. The molecule has 0 spiro atoms. The van der Waals surface area contributed by atoms with Crippen LogP contribution in [0.25, 0.3) is 0 Å². The van der Waals surface area contributed by atoms with E-state index < -0.39 is 0 Å². The molecular formula is C31H56OS2. The third-order valence-electron chi connectivity index (χ3n) is 6.75. The molecule has 1 N–H and O–H groups in total. The van der Waals surface area contributed by atoms with E-state index in [0.717, 1.165) is 22.6 Å². The first-order chi connectivity index (χ1) is 16.7. The maximum absolute atomic E-state index is 10.5. The van der Waals surface area contributed by atoms with Gasteiger partial charge in [0.1, 0.15) is 5.75 Å². The summed E-state index contributed by atoms with van der Waals surface area (Å²) < 4.78 is 0. The number of phenolic OH excluding ortho intramolecular Hbond substituents is 1. The average Bonchev–Trinajstić information content (AvgIpc) is 2.83. The van der Waals surface area contributed by atoms with Crippen LogP contribution >= 0.6 is 23.5 Å². The molecule has 0 aliphatic heterocycles. The molecule has 1 aromatic carbocycles. The van der Waals surface area contributed by atoms with Crippen molar-refractivity contribution in [2.24, 2.45) is 0 Å². The van der Waals surface area contributed by atoms with E-state index in [2.05, 4.69) is 44.7 Å². The molecule has 0 amide bonds. The zero-order valence-corrected chi connectivity index (χ0v) is 24.6. The Hall–Kier alpha value is -0.280. The Labute approximate surface area is 222 Å². The maximum Gasteiger partial charge on any atom is 0.122 e. The van der Waals surface area contributed by atoms with Gasteiger partial charge in [0.05, 0.1) is 0 Å². The van der Waals surface area contributed by atoms with Gasteiger partial charge < -0.3 is 5.11 Å². The van der Waals surface area contributed by atoms with E-state index in [1.807, 2.05) is 11.8 Å². The quantitative estimate of drug-likeness (QED) is 0.140. The Morgan fingerprint density at radius 1 is 0.559 bits per heavy atom. The zero-order chi connectivity index (χ0) is 24.7. The van der Waals surface area contributed by atoms with Crippen LogP contribution in [0.5, 0.6) is 5.75 Å². The number of aromatic hydroxyl groups is 1. The van der Waals surface area contributed by atoms with Crippen molar-refractivity contribution in [3.05, 3.63) is 28.8 Å². The van der Waals surface area contributed by atoms with Crippen molar-refractivity contribution in [1.82, 2.24) is 0 Å². The highest BCUT2D eigenvalue weighted by atomic mass is 32.2. The predicted molar refractivity (Wildman–Crippen MR) is 160 cm³/mol. The molecule has 0 unspecified atom stereocenters. The highest BCUT2D eigenvalue weighted by molar-refractivity contribution is 7.98. The van der Waals surface area contributed by atoms with E-state index >= 15 is 0 Å². The van der Waals surface area contributed by atoms with Crippen LogP contribution in [0.15, 0.2) is 12.1 Å². The summed E-state index contributed by atoms with van der Waals surface area (Å²) in [4.78, 5) is 0. The first kappa shape index (κ1) is 31.7. The highest BCUT2D eigenvalue weighted by Crippen LogP contribution is 2.30. The number of rotatable bonds is 24. The normalized spacial score (nSPS) is 11.4. The van der Waals surface area contributed by atoms with Crippen LogP contribution in [0.2, 0.25) is 0 Å². The van der Waals surface area contributed by atoms with E-state index in [1.165, 1.54) is 133 Å². The van der Waals surface area contributed by atoms with Crippen molar-refractivity contribution in [3.8, 4) is 5.75 Å². The molecule has 198 valence electrons. The minimum atomic E-state index is 0.521. The highest BCUT2D eigenvalue weighted by Gasteiger charge is 2.08. The summed E-state index contributed by atoms with van der Waals surface area (Å²) in [6.07, 6.45) is 25.1. The minimum Gasteiger partial charge on any atom is -0.507 e. The molecule has 0 aromatic heterocycles. The minimum absolute atomic E-state index is 0.521. The van der Waals surface area contributed by atoms with Crippen LogP contribution in [0, 0.1) is 6.92 Å². The van der Waals surface area contributed by atoms with Gasteiger partial charge in [-0.3, -0.25) is 0 Å². The van der Waals surface area contributed by atoms with Crippen LogP contribution in [0.4, 0.5) is 0 Å². The topological polar surface area (TPSA) is 20.2 Å². The van der Waals surface area contributed by atoms with Crippen LogP contribution in [-0.2, 0) is 11.5 Å². The summed E-state index contributed by atoms with van der Waals surface area (Å²) in [6.45, 7) is 6.63. The molecule has 0 aliphatic carbocycles. The Balaban J connectivity index is 2.11. The number of hydrogen-bond acceptors (Lipinski definition) is 3. The fraction of sp³-hybridized carbons (Fsp3) is 0.806. The molecule has 0 atom stereocenters. The van der Waals surface area contributed by atoms with E-state index in [-0.39, 0.29) is 0 Å². The fourth-order valence-corrected chi connectivity index (χ4v) is 6.48. The second-order valence-corrected chi connectivity index (χ2v) is 12.4. The summed E-state index contributed by atoms with van der Waals surface area (Å²) in [6, 6.07) is 4.45. The van der Waals surface area contributed by atoms with Crippen molar-refractivity contribution >= 4 is 23.5 Å². The van der Waals surface area contributed by atoms with Crippen molar-refractivity contribution in [3.63, 3.8) is 0 Å². The number of thioether (sulfide) groups is 2. The Morgan fingerprint density at radius 3 is 1.44 bits per heavy atom. The van der Waals surface area contributed by atoms with Crippen molar-refractivity contribution < 1.29 is 5.11 Å². The van der Waals surface area contributed by atoms with Crippen molar-refractivity contribution in [2.45, 2.75) is 148 Å². The Bertz CT molecular complexity index is 587. The number of phenols is 1. The first-order valence-electron chi connectivity index (χ1n) is 14.7. The van der Waals surface area contributed by atoms with Gasteiger partial charge in [0.2, 0.25) is 0 Å². The lowest BCUT2D eigenvalue weighted by Gasteiger charge is -2.11. The molecule has 0 saturated carbocycles. The van der Waals surface area contributed by atoms with E-state index in [0.29, 0.717) is 5.75 Å². The summed E-state index contributed by atoms with van der Waals surface area (Å²) in [5.41, 5.74) is 3.56. The lowest BCUT2D eigenvalue weighted by molar-refractivity contribution is 0.466. The average molecular weight is 509 g/mol. The Kier molecular flexibility index (Phi) is 21.6. The smallest absolute Gasteiger partial charge is 0.122 e. The number of benzene rings is 1. The molecular weight excluding hydrogens is 452 g/mol. The molecule has 1 rings (SSSR count). The van der Waals surface area contributed by atoms with Crippen LogP contribution < -0.4 is 0 Å². The zero-order valence-electron chi connectivity index (χ0n) is 23.0. The summed E-state index contributed by atoms with van der Waals surface area (Å²) in [5, 5.41) is 10.5. The van der Waals surface area contributed by atoms with Crippen LogP contribution in [0.3, 0.4) is 0 Å². The lowest BCUT2D eigenvalue weighted by Crippen LogP contribution is -1.92. The fourth-order valence-electron chi connectivity index (χ4n) is 4.53. The molecule has 0 saturated heterocycles. The van der Waals surface area contributed by atoms with Gasteiger partial charge in [-0.25, -0.2) is 0 Å². The third-order valence-corrected chi connectivity index (χ3v) is 8.96. The van der Waals surface area contributed by atoms with Gasteiger partial charge in [0, 0.05) is 17.1 Å². The van der Waals surface area contributed by atoms with Crippen LogP contribution in [-0.4, -0.2) is 16.6 Å². The standard InChI is InChI=1S/C31H56OS2/c1-4-6-8-10-12-14-16-18-20-22-33-26-29-24-28(3)31(32)30(25-29)27-34-23-21-19-17-15-13-11-9-7-5-2/h24-25,32H,4-23,26-27H2,1-3H3. The second-order valence-electron chi connectivity index (χ2n) is 10.2. The van der Waals surface area contributed by atoms with E-state index in [4.69, 9.17) is 0 Å². The SMILES string of the molecule is CCCCCCCCCCCSCc1cc(C)c(O)c(CSCCCCCCCCCCC)c1. The van der Waals surface area contributed by atoms with Gasteiger partial charge in [-0.15, -0.1) is 0 Å². The summed E-state index contributed by atoms with van der Waals surface area (Å²) in [5.74, 6) is 5.02. The third kappa shape index (κ3) is 17.2. The van der Waals surface area contributed by atoms with Gasteiger partial charge in [-0.2, -0.15) is 23.5 Å². The molecule has 1 nitrogen and oxygen atoms in total. The monoisotopic (exact) mass is 508 g/mol. The predicted octanol–water partition coefficient (Wildman–Crippen LogP) is 11.2. The molecule has 0 bridgehead atoms. The first-order valence-corrected chi connectivity index (χ1v) is 17.0. The molecule has 0 heterocycles. The van der Waals surface area contributed by atoms with E-state index in [9.17, 15) is 5.11 Å². The summed E-state index contributed by atoms with van der Waals surface area (Å²) in [7, 11) is 0. The van der Waals surface area contributed by atoms with Gasteiger partial charge >= 0.3 is 0 Å². The van der Waals surface area contributed by atoms with E-state index in [1.54, 1.807) is 0 Å². The van der Waals surface area contributed by atoms with Gasteiger partial charge in [0.15, 0.2) is 0 Å². The maximum atomic E-state index is 10.5. The molecule has 0 radical (unpaired) electrons. The molecule has 0 aliphatic rings. The molecule has 1 aromatic rings.